The molecule has 0 aliphatic carbocycles. The lowest BCUT2D eigenvalue weighted by Crippen LogP contribution is -2.28. The van der Waals surface area contributed by atoms with Crippen LogP contribution in [0.2, 0.25) is 0 Å². The van der Waals surface area contributed by atoms with Crippen LogP contribution in [-0.4, -0.2) is 24.5 Å². The number of carbonyl (C=O) groups is 1. The molecule has 0 saturated carbocycles. The zero-order chi connectivity index (χ0) is 12.3. The average molecular weight is 268 g/mol. The maximum atomic E-state index is 11.9. The first-order chi connectivity index (χ1) is 8.22. The molecular formula is C13H18ClN3O. The number of aromatic nitrogens is 1. The van der Waals surface area contributed by atoms with Gasteiger partial charge in [-0.1, -0.05) is 13.0 Å². The molecule has 1 aromatic carbocycles. The second-order valence-electron chi connectivity index (χ2n) is 4.19. The summed E-state index contributed by atoms with van der Waals surface area (Å²) in [5.74, 6) is -0.0118. The summed E-state index contributed by atoms with van der Waals surface area (Å²) >= 11 is 0. The number of nitrogens with one attached hydrogen (secondary N) is 3. The third-order valence-electron chi connectivity index (χ3n) is 2.81. The molecule has 0 fully saturated rings. The van der Waals surface area contributed by atoms with Crippen LogP contribution in [0.4, 0.5) is 5.69 Å². The van der Waals surface area contributed by atoms with Crippen LogP contribution in [0.5, 0.6) is 0 Å². The van der Waals surface area contributed by atoms with Gasteiger partial charge in [0.25, 0.3) is 0 Å². The van der Waals surface area contributed by atoms with Crippen LogP contribution in [0.3, 0.4) is 0 Å². The first kappa shape index (κ1) is 14.5. The highest BCUT2D eigenvalue weighted by atomic mass is 35.5. The molecule has 3 N–H and O–H groups in total. The molecule has 0 aliphatic rings. The average Bonchev–Trinajstić information content (AvgIpc) is 2.78. The molecule has 18 heavy (non-hydrogen) atoms. The van der Waals surface area contributed by atoms with Crippen LogP contribution in [0.15, 0.2) is 30.5 Å². The van der Waals surface area contributed by atoms with Crippen molar-refractivity contribution in [1.29, 1.82) is 0 Å². The first-order valence-corrected chi connectivity index (χ1v) is 5.74. The zero-order valence-corrected chi connectivity index (χ0v) is 11.3. The molecule has 1 amide bonds. The summed E-state index contributed by atoms with van der Waals surface area (Å²) in [4.78, 5) is 15.0. The summed E-state index contributed by atoms with van der Waals surface area (Å²) in [5, 5.41) is 7.00. The first-order valence-electron chi connectivity index (χ1n) is 5.74. The predicted octanol–water partition coefficient (Wildman–Crippen LogP) is 2.38. The highest BCUT2D eigenvalue weighted by Crippen LogP contribution is 2.22. The molecule has 0 spiro atoms. The van der Waals surface area contributed by atoms with Crippen LogP contribution in [0, 0.1) is 5.92 Å². The maximum Gasteiger partial charge on any atom is 0.228 e. The molecule has 2 aromatic rings. The fourth-order valence-corrected chi connectivity index (χ4v) is 1.85. The normalized spacial score (nSPS) is 11.9. The molecule has 5 heteroatoms. The number of hydrogen-bond acceptors (Lipinski definition) is 2. The quantitative estimate of drug-likeness (QED) is 0.797. The largest absolute Gasteiger partial charge is 0.361 e. The van der Waals surface area contributed by atoms with E-state index in [-0.39, 0.29) is 24.2 Å². The Morgan fingerprint density at radius 1 is 1.39 bits per heavy atom. The van der Waals surface area contributed by atoms with E-state index in [1.165, 1.54) is 0 Å². The van der Waals surface area contributed by atoms with Gasteiger partial charge in [0.2, 0.25) is 5.91 Å². The molecular weight excluding hydrogens is 250 g/mol. The number of anilines is 1. The van der Waals surface area contributed by atoms with Gasteiger partial charge in [-0.2, -0.15) is 0 Å². The summed E-state index contributed by atoms with van der Waals surface area (Å²) in [7, 11) is 1.84. The minimum absolute atomic E-state index is 0. The van der Waals surface area contributed by atoms with E-state index in [0.717, 1.165) is 16.6 Å². The van der Waals surface area contributed by atoms with E-state index in [9.17, 15) is 4.79 Å². The van der Waals surface area contributed by atoms with Gasteiger partial charge < -0.3 is 15.6 Å². The SMILES string of the molecule is CNCC(C)C(=O)Nc1cccc2[nH]ccc12.Cl. The van der Waals surface area contributed by atoms with Gasteiger partial charge in [-0.05, 0) is 25.2 Å². The third kappa shape index (κ3) is 3.03. The molecule has 0 radical (unpaired) electrons. The predicted molar refractivity (Wildman–Crippen MR) is 77.3 cm³/mol. The van der Waals surface area contributed by atoms with Gasteiger partial charge >= 0.3 is 0 Å². The van der Waals surface area contributed by atoms with Crippen molar-refractivity contribution in [2.75, 3.05) is 18.9 Å². The fourth-order valence-electron chi connectivity index (χ4n) is 1.85. The van der Waals surface area contributed by atoms with E-state index < -0.39 is 0 Å². The third-order valence-corrected chi connectivity index (χ3v) is 2.81. The van der Waals surface area contributed by atoms with Crippen molar-refractivity contribution < 1.29 is 4.79 Å². The molecule has 0 bridgehead atoms. The van der Waals surface area contributed by atoms with Gasteiger partial charge in [-0.15, -0.1) is 12.4 Å². The number of aromatic amines is 1. The Labute approximate surface area is 113 Å². The van der Waals surface area contributed by atoms with Crippen LogP contribution in [-0.2, 0) is 4.79 Å². The van der Waals surface area contributed by atoms with E-state index in [1.54, 1.807) is 0 Å². The summed E-state index contributed by atoms with van der Waals surface area (Å²) in [5.41, 5.74) is 1.89. The number of H-pyrrole nitrogens is 1. The highest BCUT2D eigenvalue weighted by Gasteiger charge is 2.13. The molecule has 1 unspecified atom stereocenters. The van der Waals surface area contributed by atoms with Crippen LogP contribution >= 0.6 is 12.4 Å². The second kappa shape index (κ2) is 6.42. The Balaban J connectivity index is 0.00000162. The Morgan fingerprint density at radius 3 is 2.89 bits per heavy atom. The van der Waals surface area contributed by atoms with Crippen molar-refractivity contribution in [2.24, 2.45) is 5.92 Å². The Hall–Kier alpha value is -1.52. The summed E-state index contributed by atoms with van der Waals surface area (Å²) in [6, 6.07) is 7.80. The van der Waals surface area contributed by atoms with Crippen molar-refractivity contribution in [2.45, 2.75) is 6.92 Å². The van der Waals surface area contributed by atoms with E-state index in [0.29, 0.717) is 6.54 Å². The Kier molecular flexibility index (Phi) is 5.19. The van der Waals surface area contributed by atoms with Crippen molar-refractivity contribution in [3.8, 4) is 0 Å². The number of carbonyl (C=O) groups excluding carboxylic acids is 1. The van der Waals surface area contributed by atoms with E-state index in [2.05, 4.69) is 15.6 Å². The Morgan fingerprint density at radius 2 is 2.17 bits per heavy atom. The molecule has 4 nitrogen and oxygen atoms in total. The van der Waals surface area contributed by atoms with Crippen LogP contribution in [0.1, 0.15) is 6.92 Å². The van der Waals surface area contributed by atoms with Crippen molar-refractivity contribution in [1.82, 2.24) is 10.3 Å². The summed E-state index contributed by atoms with van der Waals surface area (Å²) in [6.45, 7) is 2.58. The van der Waals surface area contributed by atoms with Crippen LogP contribution < -0.4 is 10.6 Å². The lowest BCUT2D eigenvalue weighted by Gasteiger charge is -2.12. The van der Waals surface area contributed by atoms with Crippen molar-refractivity contribution in [3.63, 3.8) is 0 Å². The fraction of sp³-hybridized carbons (Fsp3) is 0.308. The minimum atomic E-state index is -0.0470. The highest BCUT2D eigenvalue weighted by molar-refractivity contribution is 6.01. The molecule has 1 heterocycles. The molecule has 2 rings (SSSR count). The number of halogens is 1. The number of benzene rings is 1. The van der Waals surface area contributed by atoms with Gasteiger partial charge in [0.05, 0.1) is 5.69 Å². The molecule has 1 aromatic heterocycles. The summed E-state index contributed by atoms with van der Waals surface area (Å²) < 4.78 is 0. The molecule has 0 saturated heterocycles. The van der Waals surface area contributed by atoms with Gasteiger partial charge in [0, 0.05) is 29.6 Å². The van der Waals surface area contributed by atoms with Crippen molar-refractivity contribution in [3.05, 3.63) is 30.5 Å². The van der Waals surface area contributed by atoms with E-state index in [4.69, 9.17) is 0 Å². The number of amides is 1. The topological polar surface area (TPSA) is 56.9 Å². The van der Waals surface area contributed by atoms with Gasteiger partial charge in [-0.25, -0.2) is 0 Å². The zero-order valence-electron chi connectivity index (χ0n) is 10.5. The monoisotopic (exact) mass is 267 g/mol. The lowest BCUT2D eigenvalue weighted by molar-refractivity contribution is -0.119. The van der Waals surface area contributed by atoms with E-state index >= 15 is 0 Å². The van der Waals surface area contributed by atoms with E-state index in [1.807, 2.05) is 44.4 Å². The van der Waals surface area contributed by atoms with Gasteiger partial charge in [-0.3, -0.25) is 4.79 Å². The van der Waals surface area contributed by atoms with Crippen molar-refractivity contribution >= 4 is 34.9 Å². The lowest BCUT2D eigenvalue weighted by atomic mass is 10.1. The number of hydrogen-bond donors (Lipinski definition) is 3. The second-order valence-corrected chi connectivity index (χ2v) is 4.19. The minimum Gasteiger partial charge on any atom is -0.361 e. The van der Waals surface area contributed by atoms with Crippen LogP contribution in [0.25, 0.3) is 10.9 Å². The molecule has 1 atom stereocenters. The summed E-state index contributed by atoms with van der Waals surface area (Å²) in [6.07, 6.45) is 1.87. The molecule has 0 aliphatic heterocycles. The Bertz CT molecular complexity index is 524. The number of rotatable bonds is 4. The standard InChI is InChI=1S/C13H17N3O.ClH/c1-9(8-14-2)13(17)16-12-5-3-4-11-10(12)6-7-15-11;/h3-7,9,14-15H,8H2,1-2H3,(H,16,17);1H. The van der Waals surface area contributed by atoms with Gasteiger partial charge in [0.15, 0.2) is 0 Å². The molecule has 98 valence electrons. The van der Waals surface area contributed by atoms with Gasteiger partial charge in [0.1, 0.15) is 0 Å². The maximum absolute atomic E-state index is 11.9. The number of fused-ring (bicyclic) bond motifs is 1. The smallest absolute Gasteiger partial charge is 0.228 e.